The molecule has 1 heterocycles. The van der Waals surface area contributed by atoms with Gasteiger partial charge in [-0.3, -0.25) is 9.59 Å². The maximum absolute atomic E-state index is 12.9. The van der Waals surface area contributed by atoms with E-state index in [1.807, 2.05) is 60.7 Å². The zero-order valence-corrected chi connectivity index (χ0v) is 18.3. The molecule has 0 bridgehead atoms. The molecule has 33 heavy (non-hydrogen) atoms. The number of benzene rings is 3. The van der Waals surface area contributed by atoms with Gasteiger partial charge in [0.25, 0.3) is 11.7 Å². The molecule has 2 aliphatic rings. The van der Waals surface area contributed by atoms with Crippen LogP contribution in [0.15, 0.2) is 78.9 Å². The summed E-state index contributed by atoms with van der Waals surface area (Å²) < 4.78 is 12.1. The van der Waals surface area contributed by atoms with Gasteiger partial charge in [0.1, 0.15) is 0 Å². The molecular formula is C27H26N2O4. The van der Waals surface area contributed by atoms with Crippen LogP contribution in [0.5, 0.6) is 11.5 Å². The monoisotopic (exact) mass is 442 g/mol. The Morgan fingerprint density at radius 3 is 2.24 bits per heavy atom. The minimum atomic E-state index is -0.537. The number of ether oxygens (including phenoxy) is 2. The number of anilines is 1. The minimum absolute atomic E-state index is 0.0982. The summed E-state index contributed by atoms with van der Waals surface area (Å²) in [6.45, 7) is 0. The standard InChI is InChI=1S/C27H26N2O4/c30-25(28-21-13-14-23-24(17-21)33-27(32-23)15-7-8-16-27)18-22(19-9-3-1-4-10-19)29-26(31)20-11-5-2-6-12-20/h1-6,9-14,17,22H,7-8,15-16,18H2,(H,28,30)(H,29,31). The second kappa shape index (κ2) is 8.98. The third-order valence-electron chi connectivity index (χ3n) is 6.12. The van der Waals surface area contributed by atoms with Gasteiger partial charge in [0.2, 0.25) is 5.91 Å². The maximum Gasteiger partial charge on any atom is 0.251 e. The lowest BCUT2D eigenvalue weighted by atomic mass is 10.0. The molecular weight excluding hydrogens is 416 g/mol. The third kappa shape index (κ3) is 4.70. The van der Waals surface area contributed by atoms with Gasteiger partial charge in [-0.1, -0.05) is 48.5 Å². The largest absolute Gasteiger partial charge is 0.448 e. The summed E-state index contributed by atoms with van der Waals surface area (Å²) in [7, 11) is 0. The Kier molecular flexibility index (Phi) is 5.73. The second-order valence-electron chi connectivity index (χ2n) is 8.54. The molecule has 1 unspecified atom stereocenters. The molecule has 168 valence electrons. The van der Waals surface area contributed by atoms with E-state index < -0.39 is 11.8 Å². The predicted octanol–water partition coefficient (Wildman–Crippen LogP) is 5.23. The highest BCUT2D eigenvalue weighted by molar-refractivity contribution is 5.96. The van der Waals surface area contributed by atoms with E-state index >= 15 is 0 Å². The summed E-state index contributed by atoms with van der Waals surface area (Å²) in [5, 5.41) is 5.93. The molecule has 1 saturated carbocycles. The van der Waals surface area contributed by atoms with Crippen molar-refractivity contribution >= 4 is 17.5 Å². The van der Waals surface area contributed by atoms with Crippen LogP contribution in [0.4, 0.5) is 5.69 Å². The first kappa shape index (κ1) is 21.1. The zero-order valence-electron chi connectivity index (χ0n) is 18.3. The molecule has 1 fully saturated rings. The van der Waals surface area contributed by atoms with Crippen LogP contribution in [0.3, 0.4) is 0 Å². The highest BCUT2D eigenvalue weighted by atomic mass is 16.7. The maximum atomic E-state index is 12.9. The Labute approximate surface area is 192 Å². The fourth-order valence-corrected chi connectivity index (χ4v) is 4.46. The van der Waals surface area contributed by atoms with E-state index in [9.17, 15) is 9.59 Å². The molecule has 1 atom stereocenters. The number of carbonyl (C=O) groups is 2. The van der Waals surface area contributed by atoms with E-state index in [1.165, 1.54) is 0 Å². The number of carbonyl (C=O) groups excluding carboxylic acids is 2. The van der Waals surface area contributed by atoms with Gasteiger partial charge in [0.15, 0.2) is 11.5 Å². The van der Waals surface area contributed by atoms with Crippen molar-refractivity contribution in [2.75, 3.05) is 5.32 Å². The highest BCUT2D eigenvalue weighted by Crippen LogP contribution is 2.47. The summed E-state index contributed by atoms with van der Waals surface area (Å²) in [5.41, 5.74) is 2.06. The number of hydrogen-bond acceptors (Lipinski definition) is 4. The van der Waals surface area contributed by atoms with Crippen LogP contribution in [0.2, 0.25) is 0 Å². The molecule has 1 aliphatic heterocycles. The number of rotatable bonds is 6. The van der Waals surface area contributed by atoms with Gasteiger partial charge in [-0.25, -0.2) is 0 Å². The van der Waals surface area contributed by atoms with Gasteiger partial charge < -0.3 is 20.1 Å². The lowest BCUT2D eigenvalue weighted by Gasteiger charge is -2.21. The predicted molar refractivity (Wildman–Crippen MR) is 125 cm³/mol. The van der Waals surface area contributed by atoms with Crippen molar-refractivity contribution in [3.8, 4) is 11.5 Å². The topological polar surface area (TPSA) is 76.7 Å². The van der Waals surface area contributed by atoms with Crippen molar-refractivity contribution in [2.45, 2.75) is 43.9 Å². The van der Waals surface area contributed by atoms with Gasteiger partial charge in [-0.05, 0) is 42.7 Å². The van der Waals surface area contributed by atoms with Gasteiger partial charge in [0.05, 0.1) is 12.5 Å². The first-order chi connectivity index (χ1) is 16.1. The summed E-state index contributed by atoms with van der Waals surface area (Å²) in [4.78, 5) is 25.7. The summed E-state index contributed by atoms with van der Waals surface area (Å²) in [5.74, 6) is 0.415. The van der Waals surface area contributed by atoms with Crippen LogP contribution in [-0.2, 0) is 4.79 Å². The van der Waals surface area contributed by atoms with Crippen molar-refractivity contribution in [2.24, 2.45) is 0 Å². The molecule has 3 aromatic rings. The average Bonchev–Trinajstić information content (AvgIpc) is 3.45. The number of fused-ring (bicyclic) bond motifs is 1. The Morgan fingerprint density at radius 2 is 1.52 bits per heavy atom. The quantitative estimate of drug-likeness (QED) is 0.548. The van der Waals surface area contributed by atoms with Crippen LogP contribution in [0.25, 0.3) is 0 Å². The fourth-order valence-electron chi connectivity index (χ4n) is 4.46. The molecule has 0 radical (unpaired) electrons. The number of nitrogens with one attached hydrogen (secondary N) is 2. The van der Waals surface area contributed by atoms with Crippen LogP contribution in [-0.4, -0.2) is 17.6 Å². The van der Waals surface area contributed by atoms with Gasteiger partial charge in [0, 0.05) is 30.2 Å². The second-order valence-corrected chi connectivity index (χ2v) is 8.54. The molecule has 0 saturated heterocycles. The van der Waals surface area contributed by atoms with E-state index in [0.29, 0.717) is 22.7 Å². The molecule has 3 aromatic carbocycles. The summed E-state index contributed by atoms with van der Waals surface area (Å²) >= 11 is 0. The fraction of sp³-hybridized carbons (Fsp3) is 0.259. The van der Waals surface area contributed by atoms with E-state index in [-0.39, 0.29) is 18.2 Å². The number of hydrogen-bond donors (Lipinski definition) is 2. The SMILES string of the molecule is O=C(CC(NC(=O)c1ccccc1)c1ccccc1)Nc1ccc2c(c1)OC1(CCCC1)O2. The first-order valence-electron chi connectivity index (χ1n) is 11.3. The third-order valence-corrected chi connectivity index (χ3v) is 6.12. The Bertz CT molecular complexity index is 1140. The smallest absolute Gasteiger partial charge is 0.251 e. The Balaban J connectivity index is 1.28. The van der Waals surface area contributed by atoms with Crippen molar-refractivity contribution < 1.29 is 19.1 Å². The minimum Gasteiger partial charge on any atom is -0.448 e. The van der Waals surface area contributed by atoms with Gasteiger partial charge in [-0.15, -0.1) is 0 Å². The van der Waals surface area contributed by atoms with Gasteiger partial charge in [-0.2, -0.15) is 0 Å². The first-order valence-corrected chi connectivity index (χ1v) is 11.3. The summed E-state index contributed by atoms with van der Waals surface area (Å²) in [6, 6.07) is 23.5. The molecule has 1 spiro atoms. The van der Waals surface area contributed by atoms with E-state index in [4.69, 9.17) is 9.47 Å². The summed E-state index contributed by atoms with van der Waals surface area (Å²) in [6.07, 6.45) is 4.04. The van der Waals surface area contributed by atoms with E-state index in [0.717, 1.165) is 31.2 Å². The molecule has 1 aliphatic carbocycles. The number of amides is 2. The van der Waals surface area contributed by atoms with E-state index in [2.05, 4.69) is 10.6 Å². The van der Waals surface area contributed by atoms with E-state index in [1.54, 1.807) is 18.2 Å². The van der Waals surface area contributed by atoms with Crippen molar-refractivity contribution in [1.29, 1.82) is 0 Å². The lowest BCUT2D eigenvalue weighted by Crippen LogP contribution is -2.34. The van der Waals surface area contributed by atoms with Crippen LogP contribution < -0.4 is 20.1 Å². The van der Waals surface area contributed by atoms with Crippen molar-refractivity contribution in [3.63, 3.8) is 0 Å². The molecule has 0 aromatic heterocycles. The van der Waals surface area contributed by atoms with Crippen molar-refractivity contribution in [3.05, 3.63) is 90.0 Å². The Hall–Kier alpha value is -3.80. The Morgan fingerprint density at radius 1 is 0.848 bits per heavy atom. The molecule has 6 nitrogen and oxygen atoms in total. The molecule has 2 amide bonds. The van der Waals surface area contributed by atoms with Crippen molar-refractivity contribution in [1.82, 2.24) is 5.32 Å². The van der Waals surface area contributed by atoms with Crippen LogP contribution in [0.1, 0.15) is 54.1 Å². The van der Waals surface area contributed by atoms with Gasteiger partial charge >= 0.3 is 0 Å². The zero-order chi connectivity index (χ0) is 22.7. The highest BCUT2D eigenvalue weighted by Gasteiger charge is 2.44. The molecule has 6 heteroatoms. The van der Waals surface area contributed by atoms with Crippen LogP contribution in [0, 0.1) is 0 Å². The van der Waals surface area contributed by atoms with Crippen LogP contribution >= 0.6 is 0 Å². The normalized spacial score (nSPS) is 16.4. The molecule has 5 rings (SSSR count). The molecule has 2 N–H and O–H groups in total. The lowest BCUT2D eigenvalue weighted by molar-refractivity contribution is -0.116. The average molecular weight is 443 g/mol.